The van der Waals surface area contributed by atoms with Crippen molar-refractivity contribution in [2.45, 2.75) is 37.5 Å². The van der Waals surface area contributed by atoms with Gasteiger partial charge in [-0.2, -0.15) is 0 Å². The van der Waals surface area contributed by atoms with E-state index in [4.69, 9.17) is 0 Å². The summed E-state index contributed by atoms with van der Waals surface area (Å²) >= 11 is 2.39. The molecule has 0 fully saturated rings. The zero-order chi connectivity index (χ0) is 15.6. The van der Waals surface area contributed by atoms with Crippen LogP contribution >= 0.6 is 22.6 Å². The Bertz CT molecular complexity index is 607. The number of nitrogens with one attached hydrogen (secondary N) is 1. The van der Waals surface area contributed by atoms with E-state index in [0.29, 0.717) is 23.6 Å². The van der Waals surface area contributed by atoms with Gasteiger partial charge in [-0.3, -0.25) is 9.59 Å². The quantitative estimate of drug-likeness (QED) is 0.604. The fourth-order valence-corrected chi connectivity index (χ4v) is 3.59. The van der Waals surface area contributed by atoms with Crippen molar-refractivity contribution in [3.8, 4) is 0 Å². The lowest BCUT2D eigenvalue weighted by molar-refractivity contribution is -0.120. The highest BCUT2D eigenvalue weighted by molar-refractivity contribution is 14.1. The molecule has 0 spiro atoms. The Labute approximate surface area is 139 Å². The SMILES string of the molecule is CCC(=O)NC1=C(C(I)C(C)CC)c2ccccc2C1=O. The topological polar surface area (TPSA) is 46.2 Å². The molecule has 21 heavy (non-hydrogen) atoms. The van der Waals surface area contributed by atoms with Crippen LogP contribution < -0.4 is 5.32 Å². The number of amides is 1. The van der Waals surface area contributed by atoms with Gasteiger partial charge in [0.25, 0.3) is 0 Å². The van der Waals surface area contributed by atoms with Gasteiger partial charge in [-0.1, -0.05) is 74.0 Å². The van der Waals surface area contributed by atoms with Gasteiger partial charge in [0, 0.05) is 21.5 Å². The minimum atomic E-state index is -0.114. The third-order valence-electron chi connectivity index (χ3n) is 3.96. The molecular formula is C17H20INO2. The molecule has 4 heteroatoms. The van der Waals surface area contributed by atoms with E-state index in [9.17, 15) is 9.59 Å². The van der Waals surface area contributed by atoms with Crippen LogP contribution in [-0.2, 0) is 4.79 Å². The summed E-state index contributed by atoms with van der Waals surface area (Å²) in [5.74, 6) is 0.261. The first-order valence-corrected chi connectivity index (χ1v) is 8.57. The van der Waals surface area contributed by atoms with Crippen LogP contribution in [0.3, 0.4) is 0 Å². The average molecular weight is 397 g/mol. The number of benzene rings is 1. The van der Waals surface area contributed by atoms with Crippen molar-refractivity contribution in [3.63, 3.8) is 0 Å². The number of rotatable bonds is 5. The maximum Gasteiger partial charge on any atom is 0.224 e. The molecule has 0 saturated heterocycles. The molecule has 0 aromatic heterocycles. The Balaban J connectivity index is 2.53. The molecule has 0 aliphatic heterocycles. The molecule has 1 aliphatic carbocycles. The van der Waals surface area contributed by atoms with Crippen molar-refractivity contribution in [2.75, 3.05) is 0 Å². The Morgan fingerprint density at radius 1 is 1.24 bits per heavy atom. The van der Waals surface area contributed by atoms with Crippen molar-refractivity contribution in [2.24, 2.45) is 5.92 Å². The number of hydrogen-bond acceptors (Lipinski definition) is 2. The van der Waals surface area contributed by atoms with Crippen LogP contribution in [0.15, 0.2) is 30.0 Å². The third-order valence-corrected chi connectivity index (χ3v) is 5.81. The second-order valence-corrected chi connectivity index (χ2v) is 6.69. The fourth-order valence-electron chi connectivity index (χ4n) is 2.44. The van der Waals surface area contributed by atoms with Crippen molar-refractivity contribution >= 4 is 39.9 Å². The molecule has 0 heterocycles. The number of ketones is 1. The minimum Gasteiger partial charge on any atom is -0.323 e. The summed E-state index contributed by atoms with van der Waals surface area (Å²) in [6.45, 7) is 6.11. The molecule has 3 nitrogen and oxygen atoms in total. The highest BCUT2D eigenvalue weighted by atomic mass is 127. The summed E-state index contributed by atoms with van der Waals surface area (Å²) in [4.78, 5) is 24.4. The second kappa shape index (κ2) is 6.73. The molecule has 2 atom stereocenters. The molecule has 1 N–H and O–H groups in total. The summed E-state index contributed by atoms with van der Waals surface area (Å²) in [5.41, 5.74) is 3.12. The largest absolute Gasteiger partial charge is 0.323 e. The standard InChI is InChI=1S/C17H20INO2/c1-4-10(3)15(18)14-11-8-6-7-9-12(11)17(21)16(14)19-13(20)5-2/h6-10,15H,4-5H2,1-3H3,(H,19,20,21). The highest BCUT2D eigenvalue weighted by Crippen LogP contribution is 2.40. The van der Waals surface area contributed by atoms with Gasteiger partial charge >= 0.3 is 0 Å². The third kappa shape index (κ3) is 3.05. The first kappa shape index (κ1) is 16.2. The van der Waals surface area contributed by atoms with Gasteiger partial charge in [-0.15, -0.1) is 0 Å². The normalized spacial score (nSPS) is 16.7. The van der Waals surface area contributed by atoms with E-state index in [1.54, 1.807) is 6.92 Å². The lowest BCUT2D eigenvalue weighted by Crippen LogP contribution is -2.27. The molecule has 2 rings (SSSR count). The number of carbonyl (C=O) groups excluding carboxylic acids is 2. The van der Waals surface area contributed by atoms with Gasteiger partial charge < -0.3 is 5.32 Å². The molecule has 0 radical (unpaired) electrons. The van der Waals surface area contributed by atoms with Crippen molar-refractivity contribution in [1.29, 1.82) is 0 Å². The molecule has 2 unspecified atom stereocenters. The molecule has 1 aromatic rings. The Morgan fingerprint density at radius 3 is 2.43 bits per heavy atom. The van der Waals surface area contributed by atoms with Crippen molar-refractivity contribution in [3.05, 3.63) is 41.1 Å². The number of Topliss-reactive ketones (excluding diaryl/α,β-unsaturated/α-hetero) is 1. The fraction of sp³-hybridized carbons (Fsp3) is 0.412. The first-order chi connectivity index (χ1) is 10.0. The van der Waals surface area contributed by atoms with Gasteiger partial charge in [0.05, 0.1) is 5.70 Å². The molecule has 112 valence electrons. The predicted octanol–water partition coefficient (Wildman–Crippen LogP) is 3.97. The number of alkyl halides is 1. The maximum atomic E-state index is 12.6. The van der Waals surface area contributed by atoms with Gasteiger partial charge in [0.1, 0.15) is 0 Å². The summed E-state index contributed by atoms with van der Waals surface area (Å²) in [6, 6.07) is 7.62. The zero-order valence-electron chi connectivity index (χ0n) is 12.6. The highest BCUT2D eigenvalue weighted by Gasteiger charge is 2.34. The van der Waals surface area contributed by atoms with E-state index in [1.165, 1.54) is 0 Å². The second-order valence-electron chi connectivity index (χ2n) is 5.35. The van der Waals surface area contributed by atoms with Crippen molar-refractivity contribution in [1.82, 2.24) is 5.32 Å². The van der Waals surface area contributed by atoms with Gasteiger partial charge in [-0.05, 0) is 11.5 Å². The number of fused-ring (bicyclic) bond motifs is 1. The molecule has 1 aliphatic rings. The molecular weight excluding hydrogens is 377 g/mol. The van der Waals surface area contributed by atoms with Crippen LogP contribution in [0, 0.1) is 5.92 Å². The first-order valence-electron chi connectivity index (χ1n) is 7.33. The number of carbonyl (C=O) groups is 2. The van der Waals surface area contributed by atoms with E-state index < -0.39 is 0 Å². The molecule has 0 bridgehead atoms. The Kier molecular flexibility index (Phi) is 5.19. The van der Waals surface area contributed by atoms with Crippen molar-refractivity contribution < 1.29 is 9.59 Å². The Hall–Kier alpha value is -1.17. The van der Waals surface area contributed by atoms with Crippen LogP contribution in [0.1, 0.15) is 49.5 Å². The van der Waals surface area contributed by atoms with Gasteiger partial charge in [0.2, 0.25) is 11.7 Å². The van der Waals surface area contributed by atoms with Crippen LogP contribution in [0.4, 0.5) is 0 Å². The van der Waals surface area contributed by atoms with Crippen LogP contribution in [-0.4, -0.2) is 15.6 Å². The zero-order valence-corrected chi connectivity index (χ0v) is 14.7. The summed E-state index contributed by atoms with van der Waals surface area (Å²) in [5, 5.41) is 2.82. The summed E-state index contributed by atoms with van der Waals surface area (Å²) < 4.78 is 0.201. The molecule has 1 amide bonds. The van der Waals surface area contributed by atoms with Crippen LogP contribution in [0.5, 0.6) is 0 Å². The maximum absolute atomic E-state index is 12.6. The van der Waals surface area contributed by atoms with Gasteiger partial charge in [-0.25, -0.2) is 0 Å². The van der Waals surface area contributed by atoms with E-state index >= 15 is 0 Å². The van der Waals surface area contributed by atoms with E-state index in [2.05, 4.69) is 41.8 Å². The Morgan fingerprint density at radius 2 is 1.86 bits per heavy atom. The monoisotopic (exact) mass is 397 g/mol. The molecule has 0 saturated carbocycles. The van der Waals surface area contributed by atoms with Crippen LogP contribution in [0.25, 0.3) is 5.57 Å². The minimum absolute atomic E-state index is 0.0626. The lowest BCUT2D eigenvalue weighted by atomic mass is 9.94. The smallest absolute Gasteiger partial charge is 0.224 e. The lowest BCUT2D eigenvalue weighted by Gasteiger charge is -2.20. The number of hydrogen-bond donors (Lipinski definition) is 1. The van der Waals surface area contributed by atoms with E-state index in [1.807, 2.05) is 24.3 Å². The van der Waals surface area contributed by atoms with Gasteiger partial charge in [0.15, 0.2) is 0 Å². The van der Waals surface area contributed by atoms with E-state index in [-0.39, 0.29) is 15.6 Å². The van der Waals surface area contributed by atoms with Crippen LogP contribution in [0.2, 0.25) is 0 Å². The number of halogens is 1. The number of allylic oxidation sites excluding steroid dienone is 2. The summed E-state index contributed by atoms with van der Waals surface area (Å²) in [6.07, 6.45) is 1.40. The molecule has 1 aromatic carbocycles. The predicted molar refractivity (Wildman–Crippen MR) is 93.4 cm³/mol. The summed E-state index contributed by atoms with van der Waals surface area (Å²) in [7, 11) is 0. The average Bonchev–Trinajstić information content (AvgIpc) is 2.78. The van der Waals surface area contributed by atoms with E-state index in [0.717, 1.165) is 17.6 Å².